The fourth-order valence-electron chi connectivity index (χ4n) is 2.38. The Bertz CT molecular complexity index is 448. The molecule has 72 valence electrons. The second-order valence-corrected chi connectivity index (χ2v) is 4.47. The molecule has 3 rings (SSSR count). The highest BCUT2D eigenvalue weighted by Crippen LogP contribution is 2.53. The van der Waals surface area contributed by atoms with Gasteiger partial charge < -0.3 is 4.74 Å². The maximum atomic E-state index is 5.97. The quantitative estimate of drug-likeness (QED) is 0.587. The second kappa shape index (κ2) is 2.62. The van der Waals surface area contributed by atoms with Crippen LogP contribution in [0.3, 0.4) is 0 Å². The minimum Gasteiger partial charge on any atom is -0.357 e. The number of hydrogen-bond acceptors (Lipinski definition) is 1. The highest BCUT2D eigenvalue weighted by Gasteiger charge is 2.40. The summed E-state index contributed by atoms with van der Waals surface area (Å²) in [6.07, 6.45) is 0.348. The molecule has 0 aromatic heterocycles. The molecule has 0 saturated heterocycles. The van der Waals surface area contributed by atoms with Crippen LogP contribution < -0.4 is 0 Å². The zero-order valence-corrected chi connectivity index (χ0v) is 8.93. The van der Waals surface area contributed by atoms with E-state index in [1.165, 1.54) is 22.3 Å². The standard InChI is InChI=1S/C12H11ClO/c1-6-7(2)12-10-5-8(13)3-4-9(10)11(6)14-12/h3-5,11-12H,1-2H3. The van der Waals surface area contributed by atoms with Crippen LogP contribution >= 0.6 is 11.6 Å². The zero-order chi connectivity index (χ0) is 9.87. The van der Waals surface area contributed by atoms with E-state index in [0.29, 0.717) is 0 Å². The van der Waals surface area contributed by atoms with Gasteiger partial charge in [0.25, 0.3) is 0 Å². The molecule has 2 heteroatoms. The lowest BCUT2D eigenvalue weighted by atomic mass is 9.88. The van der Waals surface area contributed by atoms with E-state index in [0.717, 1.165) is 5.02 Å². The first-order valence-electron chi connectivity index (χ1n) is 4.80. The molecule has 1 aromatic carbocycles. The highest BCUT2D eigenvalue weighted by atomic mass is 35.5. The van der Waals surface area contributed by atoms with Crippen LogP contribution in [0, 0.1) is 0 Å². The third kappa shape index (κ3) is 0.891. The lowest BCUT2D eigenvalue weighted by molar-refractivity contribution is 0.0793. The van der Waals surface area contributed by atoms with Gasteiger partial charge in [-0.05, 0) is 48.3 Å². The number of halogens is 1. The van der Waals surface area contributed by atoms with Crippen LogP contribution in [0.15, 0.2) is 29.3 Å². The van der Waals surface area contributed by atoms with Gasteiger partial charge in [0.1, 0.15) is 12.2 Å². The van der Waals surface area contributed by atoms with Crippen molar-refractivity contribution in [3.8, 4) is 0 Å². The van der Waals surface area contributed by atoms with E-state index in [2.05, 4.69) is 19.9 Å². The Morgan fingerprint density at radius 2 is 1.71 bits per heavy atom. The number of benzene rings is 1. The van der Waals surface area contributed by atoms with Gasteiger partial charge in [-0.1, -0.05) is 17.7 Å². The average molecular weight is 207 g/mol. The third-order valence-electron chi connectivity index (χ3n) is 3.29. The van der Waals surface area contributed by atoms with E-state index in [4.69, 9.17) is 16.3 Å². The molecule has 0 radical (unpaired) electrons. The summed E-state index contributed by atoms with van der Waals surface area (Å²) >= 11 is 5.97. The van der Waals surface area contributed by atoms with Gasteiger partial charge in [-0.25, -0.2) is 0 Å². The van der Waals surface area contributed by atoms with Crippen LogP contribution in [0.25, 0.3) is 0 Å². The van der Waals surface area contributed by atoms with Gasteiger partial charge in [0.15, 0.2) is 0 Å². The largest absolute Gasteiger partial charge is 0.357 e. The Morgan fingerprint density at radius 3 is 2.43 bits per heavy atom. The first kappa shape index (κ1) is 8.51. The molecule has 2 aliphatic rings. The first-order chi connectivity index (χ1) is 6.68. The van der Waals surface area contributed by atoms with Crippen LogP contribution in [0.2, 0.25) is 5.02 Å². The van der Waals surface area contributed by atoms with Crippen molar-refractivity contribution < 1.29 is 4.74 Å². The molecule has 1 aromatic rings. The fourth-order valence-corrected chi connectivity index (χ4v) is 2.56. The summed E-state index contributed by atoms with van der Waals surface area (Å²) in [6, 6.07) is 6.04. The van der Waals surface area contributed by atoms with E-state index in [-0.39, 0.29) is 12.2 Å². The summed E-state index contributed by atoms with van der Waals surface area (Å²) in [6.45, 7) is 4.29. The smallest absolute Gasteiger partial charge is 0.105 e. The van der Waals surface area contributed by atoms with Crippen molar-refractivity contribution in [1.29, 1.82) is 0 Å². The van der Waals surface area contributed by atoms with Crippen molar-refractivity contribution in [2.45, 2.75) is 26.1 Å². The molecule has 0 aliphatic carbocycles. The number of fused-ring (bicyclic) bond motifs is 5. The zero-order valence-electron chi connectivity index (χ0n) is 8.17. The molecule has 2 atom stereocenters. The van der Waals surface area contributed by atoms with Crippen molar-refractivity contribution in [3.63, 3.8) is 0 Å². The normalized spacial score (nSPS) is 28.5. The number of hydrogen-bond donors (Lipinski definition) is 0. The molecule has 2 aliphatic heterocycles. The predicted octanol–water partition coefficient (Wildman–Crippen LogP) is 3.80. The van der Waals surface area contributed by atoms with Crippen molar-refractivity contribution >= 4 is 11.6 Å². The predicted molar refractivity (Wildman–Crippen MR) is 56.4 cm³/mol. The molecule has 1 nitrogen and oxygen atoms in total. The van der Waals surface area contributed by atoms with E-state index in [9.17, 15) is 0 Å². The molecule has 2 bridgehead atoms. The maximum Gasteiger partial charge on any atom is 0.105 e. The van der Waals surface area contributed by atoms with Crippen LogP contribution in [0.5, 0.6) is 0 Å². The van der Waals surface area contributed by atoms with Crippen molar-refractivity contribution in [3.05, 3.63) is 45.5 Å². The Balaban J connectivity index is 2.22. The number of rotatable bonds is 0. The summed E-state index contributed by atoms with van der Waals surface area (Å²) < 4.78 is 5.89. The minimum absolute atomic E-state index is 0.161. The maximum absolute atomic E-state index is 5.97. The van der Waals surface area contributed by atoms with E-state index >= 15 is 0 Å². The van der Waals surface area contributed by atoms with Crippen molar-refractivity contribution in [2.24, 2.45) is 0 Å². The summed E-state index contributed by atoms with van der Waals surface area (Å²) in [5.74, 6) is 0. The van der Waals surface area contributed by atoms with E-state index in [1.807, 2.05) is 12.1 Å². The fraction of sp³-hybridized carbons (Fsp3) is 0.333. The monoisotopic (exact) mass is 206 g/mol. The van der Waals surface area contributed by atoms with Crippen molar-refractivity contribution in [1.82, 2.24) is 0 Å². The van der Waals surface area contributed by atoms with Gasteiger partial charge >= 0.3 is 0 Å². The second-order valence-electron chi connectivity index (χ2n) is 4.04. The van der Waals surface area contributed by atoms with Gasteiger partial charge in [-0.2, -0.15) is 0 Å². The molecule has 2 heterocycles. The van der Waals surface area contributed by atoms with Gasteiger partial charge in [-0.3, -0.25) is 0 Å². The summed E-state index contributed by atoms with van der Waals surface area (Å²) in [4.78, 5) is 0. The van der Waals surface area contributed by atoms with Crippen LogP contribution in [-0.2, 0) is 4.74 Å². The Hall–Kier alpha value is -0.790. The molecule has 0 amide bonds. The van der Waals surface area contributed by atoms with Crippen LogP contribution in [0.1, 0.15) is 37.2 Å². The molecule has 14 heavy (non-hydrogen) atoms. The summed E-state index contributed by atoms with van der Waals surface area (Å²) in [5, 5.41) is 0.797. The van der Waals surface area contributed by atoms with Gasteiger partial charge in [-0.15, -0.1) is 0 Å². The molecular weight excluding hydrogens is 196 g/mol. The van der Waals surface area contributed by atoms with Gasteiger partial charge in [0, 0.05) is 5.02 Å². The Kier molecular flexibility index (Phi) is 1.59. The van der Waals surface area contributed by atoms with Crippen molar-refractivity contribution in [2.75, 3.05) is 0 Å². The molecule has 2 unspecified atom stereocenters. The van der Waals surface area contributed by atoms with E-state index in [1.54, 1.807) is 0 Å². The lowest BCUT2D eigenvalue weighted by Crippen LogP contribution is -2.00. The van der Waals surface area contributed by atoms with Crippen LogP contribution in [0.4, 0.5) is 0 Å². The molecule has 0 spiro atoms. The van der Waals surface area contributed by atoms with E-state index < -0.39 is 0 Å². The summed E-state index contributed by atoms with van der Waals surface area (Å²) in [7, 11) is 0. The first-order valence-corrected chi connectivity index (χ1v) is 5.18. The molecule has 0 N–H and O–H groups in total. The highest BCUT2D eigenvalue weighted by molar-refractivity contribution is 6.30. The van der Waals surface area contributed by atoms with Gasteiger partial charge in [0.05, 0.1) is 0 Å². The minimum atomic E-state index is 0.161. The molecule has 0 fully saturated rings. The van der Waals surface area contributed by atoms with Crippen LogP contribution in [-0.4, -0.2) is 0 Å². The Morgan fingerprint density at radius 1 is 1.07 bits per heavy atom. The molecular formula is C12H11ClO. The lowest BCUT2D eigenvalue weighted by Gasteiger charge is -2.14. The summed E-state index contributed by atoms with van der Waals surface area (Å²) in [5.41, 5.74) is 5.27. The Labute approximate surface area is 88.3 Å². The third-order valence-corrected chi connectivity index (χ3v) is 3.53. The topological polar surface area (TPSA) is 9.23 Å². The number of ether oxygens (including phenoxy) is 1. The molecule has 0 saturated carbocycles. The van der Waals surface area contributed by atoms with Gasteiger partial charge in [0.2, 0.25) is 0 Å². The SMILES string of the molecule is CC1=C(C)C2OC1c1ccc(Cl)cc12. The average Bonchev–Trinajstić information content (AvgIpc) is 2.65.